The SMILES string of the molecule is CCCCn1nc(C)c2c(C(=O)O)cc(C3CC3)nc21. The van der Waals surface area contributed by atoms with Gasteiger partial charge in [-0.05, 0) is 32.3 Å². The maximum absolute atomic E-state index is 11.5. The van der Waals surface area contributed by atoms with E-state index in [1.807, 2.05) is 11.6 Å². The van der Waals surface area contributed by atoms with Gasteiger partial charge in [0.15, 0.2) is 5.65 Å². The van der Waals surface area contributed by atoms with Crippen molar-refractivity contribution in [2.75, 3.05) is 0 Å². The van der Waals surface area contributed by atoms with Crippen molar-refractivity contribution in [1.29, 1.82) is 0 Å². The van der Waals surface area contributed by atoms with E-state index in [1.165, 1.54) is 0 Å². The number of rotatable bonds is 5. The van der Waals surface area contributed by atoms with Gasteiger partial charge in [0.25, 0.3) is 0 Å². The zero-order chi connectivity index (χ0) is 14.3. The third-order valence-corrected chi connectivity index (χ3v) is 3.85. The molecule has 1 N–H and O–H groups in total. The predicted octanol–water partition coefficient (Wildman–Crippen LogP) is 3.12. The molecule has 1 saturated carbocycles. The average molecular weight is 273 g/mol. The third kappa shape index (κ3) is 2.17. The molecule has 1 fully saturated rings. The summed E-state index contributed by atoms with van der Waals surface area (Å²) in [5, 5.41) is 14.6. The summed E-state index contributed by atoms with van der Waals surface area (Å²) in [7, 11) is 0. The highest BCUT2D eigenvalue weighted by Crippen LogP contribution is 2.40. The lowest BCUT2D eigenvalue weighted by atomic mass is 10.1. The molecular weight excluding hydrogens is 254 g/mol. The fourth-order valence-electron chi connectivity index (χ4n) is 2.59. The Morgan fingerprint density at radius 3 is 2.85 bits per heavy atom. The number of pyridine rings is 1. The Bertz CT molecular complexity index is 671. The summed E-state index contributed by atoms with van der Waals surface area (Å²) in [6, 6.07) is 1.74. The van der Waals surface area contributed by atoms with E-state index in [4.69, 9.17) is 4.98 Å². The Hall–Kier alpha value is -1.91. The Balaban J connectivity index is 2.20. The summed E-state index contributed by atoms with van der Waals surface area (Å²) >= 11 is 0. The normalized spacial score (nSPS) is 14.9. The maximum atomic E-state index is 11.5. The van der Waals surface area contributed by atoms with Gasteiger partial charge in [0, 0.05) is 18.2 Å². The first-order valence-electron chi connectivity index (χ1n) is 7.23. The minimum atomic E-state index is -0.891. The van der Waals surface area contributed by atoms with Crippen molar-refractivity contribution in [1.82, 2.24) is 14.8 Å². The minimum Gasteiger partial charge on any atom is -0.478 e. The third-order valence-electron chi connectivity index (χ3n) is 3.85. The average Bonchev–Trinajstić information content (AvgIpc) is 3.22. The Morgan fingerprint density at radius 1 is 1.50 bits per heavy atom. The fourth-order valence-corrected chi connectivity index (χ4v) is 2.59. The van der Waals surface area contributed by atoms with Gasteiger partial charge in [-0.3, -0.25) is 0 Å². The molecule has 0 bridgehead atoms. The predicted molar refractivity (Wildman–Crippen MR) is 76.1 cm³/mol. The zero-order valence-electron chi connectivity index (χ0n) is 11.9. The van der Waals surface area contributed by atoms with E-state index in [0.717, 1.165) is 49.3 Å². The van der Waals surface area contributed by atoms with Gasteiger partial charge in [0.05, 0.1) is 16.6 Å². The highest BCUT2D eigenvalue weighted by atomic mass is 16.4. The summed E-state index contributed by atoms with van der Waals surface area (Å²) < 4.78 is 1.87. The van der Waals surface area contributed by atoms with Crippen molar-refractivity contribution < 1.29 is 9.90 Å². The lowest BCUT2D eigenvalue weighted by Gasteiger charge is -2.05. The number of fused-ring (bicyclic) bond motifs is 1. The Labute approximate surface area is 117 Å². The van der Waals surface area contributed by atoms with Gasteiger partial charge in [-0.1, -0.05) is 13.3 Å². The van der Waals surface area contributed by atoms with Gasteiger partial charge in [0.1, 0.15) is 0 Å². The monoisotopic (exact) mass is 273 g/mol. The van der Waals surface area contributed by atoms with Crippen LogP contribution >= 0.6 is 0 Å². The van der Waals surface area contributed by atoms with Gasteiger partial charge in [-0.2, -0.15) is 5.10 Å². The lowest BCUT2D eigenvalue weighted by molar-refractivity contribution is 0.0698. The Kier molecular flexibility index (Phi) is 3.20. The first kappa shape index (κ1) is 13.1. The first-order chi connectivity index (χ1) is 9.61. The second-order valence-electron chi connectivity index (χ2n) is 5.53. The van der Waals surface area contributed by atoms with Crippen LogP contribution in [-0.2, 0) is 6.54 Å². The summed E-state index contributed by atoms with van der Waals surface area (Å²) in [4.78, 5) is 16.2. The fraction of sp³-hybridized carbons (Fsp3) is 0.533. The highest BCUT2D eigenvalue weighted by Gasteiger charge is 2.28. The quantitative estimate of drug-likeness (QED) is 0.908. The first-order valence-corrected chi connectivity index (χ1v) is 7.23. The van der Waals surface area contributed by atoms with Crippen LogP contribution in [0.15, 0.2) is 6.07 Å². The number of nitrogens with zero attached hydrogens (tertiary/aromatic N) is 3. The number of aryl methyl sites for hydroxylation is 2. The molecule has 0 amide bonds. The van der Waals surface area contributed by atoms with Crippen molar-refractivity contribution in [3.8, 4) is 0 Å². The van der Waals surface area contributed by atoms with E-state index in [9.17, 15) is 9.90 Å². The van der Waals surface area contributed by atoms with Crippen LogP contribution in [0.2, 0.25) is 0 Å². The van der Waals surface area contributed by atoms with Gasteiger partial charge in [-0.15, -0.1) is 0 Å². The molecule has 0 atom stereocenters. The van der Waals surface area contributed by atoms with Crippen LogP contribution in [0, 0.1) is 6.92 Å². The molecule has 5 heteroatoms. The van der Waals surface area contributed by atoms with Gasteiger partial charge < -0.3 is 5.11 Å². The van der Waals surface area contributed by atoms with E-state index in [2.05, 4.69) is 12.0 Å². The number of carboxylic acids is 1. The molecule has 0 unspecified atom stereocenters. The molecule has 0 aromatic carbocycles. The number of unbranched alkanes of at least 4 members (excludes halogenated alkanes) is 1. The molecule has 106 valence electrons. The molecule has 20 heavy (non-hydrogen) atoms. The molecular formula is C15H19N3O2. The number of aromatic carboxylic acids is 1. The van der Waals surface area contributed by atoms with Gasteiger partial charge >= 0.3 is 5.97 Å². The van der Waals surface area contributed by atoms with E-state index < -0.39 is 5.97 Å². The van der Waals surface area contributed by atoms with Crippen LogP contribution in [0.3, 0.4) is 0 Å². The van der Waals surface area contributed by atoms with E-state index in [1.54, 1.807) is 6.07 Å². The summed E-state index contributed by atoms with van der Waals surface area (Å²) in [6.07, 6.45) is 4.32. The lowest BCUT2D eigenvalue weighted by Crippen LogP contribution is -2.05. The van der Waals surface area contributed by atoms with Gasteiger partial charge in [0.2, 0.25) is 0 Å². The minimum absolute atomic E-state index is 0.345. The van der Waals surface area contributed by atoms with Crippen molar-refractivity contribution >= 4 is 17.0 Å². The molecule has 0 aliphatic heterocycles. The number of carboxylic acid groups (broad SMARTS) is 1. The number of hydrogen-bond donors (Lipinski definition) is 1. The molecule has 0 radical (unpaired) electrons. The molecule has 3 rings (SSSR count). The molecule has 0 spiro atoms. The summed E-state index contributed by atoms with van der Waals surface area (Å²) in [5.41, 5.74) is 2.74. The molecule has 2 heterocycles. The number of carbonyl (C=O) groups is 1. The van der Waals surface area contributed by atoms with Crippen LogP contribution in [-0.4, -0.2) is 25.8 Å². The van der Waals surface area contributed by atoms with Crippen LogP contribution in [0.1, 0.15) is 60.3 Å². The molecule has 2 aromatic heterocycles. The molecule has 5 nitrogen and oxygen atoms in total. The van der Waals surface area contributed by atoms with Crippen molar-refractivity contribution in [3.63, 3.8) is 0 Å². The van der Waals surface area contributed by atoms with Crippen molar-refractivity contribution in [2.45, 2.75) is 52.0 Å². The smallest absolute Gasteiger partial charge is 0.336 e. The molecule has 2 aromatic rings. The van der Waals surface area contributed by atoms with Crippen LogP contribution in [0.4, 0.5) is 0 Å². The summed E-state index contributed by atoms with van der Waals surface area (Å²) in [6.45, 7) is 4.78. The van der Waals surface area contributed by atoms with E-state index in [-0.39, 0.29) is 0 Å². The zero-order valence-corrected chi connectivity index (χ0v) is 11.9. The van der Waals surface area contributed by atoms with Gasteiger partial charge in [-0.25, -0.2) is 14.5 Å². The number of hydrogen-bond acceptors (Lipinski definition) is 3. The van der Waals surface area contributed by atoms with Crippen LogP contribution < -0.4 is 0 Å². The van der Waals surface area contributed by atoms with Crippen LogP contribution in [0.5, 0.6) is 0 Å². The molecule has 1 aliphatic rings. The van der Waals surface area contributed by atoms with E-state index in [0.29, 0.717) is 16.9 Å². The molecule has 1 aliphatic carbocycles. The number of aromatic nitrogens is 3. The summed E-state index contributed by atoms with van der Waals surface area (Å²) in [5.74, 6) is -0.454. The highest BCUT2D eigenvalue weighted by molar-refractivity contribution is 6.03. The second-order valence-corrected chi connectivity index (χ2v) is 5.53. The topological polar surface area (TPSA) is 68.0 Å². The molecule has 0 saturated heterocycles. The van der Waals surface area contributed by atoms with E-state index >= 15 is 0 Å². The van der Waals surface area contributed by atoms with Crippen molar-refractivity contribution in [2.24, 2.45) is 0 Å². The largest absolute Gasteiger partial charge is 0.478 e. The maximum Gasteiger partial charge on any atom is 0.336 e. The standard InChI is InChI=1S/C15H19N3O2/c1-3-4-7-18-14-13(9(2)17-18)11(15(19)20)8-12(16-14)10-5-6-10/h8,10H,3-7H2,1-2H3,(H,19,20). The Morgan fingerprint density at radius 2 is 2.25 bits per heavy atom. The van der Waals surface area contributed by atoms with Crippen molar-refractivity contribution in [3.05, 3.63) is 23.0 Å². The van der Waals surface area contributed by atoms with Crippen LogP contribution in [0.25, 0.3) is 11.0 Å². The second kappa shape index (κ2) is 4.89.